The highest BCUT2D eigenvalue weighted by Crippen LogP contribution is 2.43. The Labute approximate surface area is 344 Å². The molecule has 14 nitrogen and oxygen atoms in total. The van der Waals surface area contributed by atoms with Gasteiger partial charge in [0.05, 0.1) is 44.0 Å². The van der Waals surface area contributed by atoms with Crippen LogP contribution in [0.1, 0.15) is 88.2 Å². The second-order valence-corrected chi connectivity index (χ2v) is 16.1. The largest absolute Gasteiger partial charge is 0.453 e. The number of imidazole rings is 2. The van der Waals surface area contributed by atoms with E-state index in [1.807, 2.05) is 76.2 Å². The van der Waals surface area contributed by atoms with Crippen molar-refractivity contribution < 1.29 is 28.7 Å². The van der Waals surface area contributed by atoms with E-state index >= 15 is 0 Å². The maximum Gasteiger partial charge on any atom is 0.407 e. The van der Waals surface area contributed by atoms with E-state index in [1.165, 1.54) is 19.8 Å². The van der Waals surface area contributed by atoms with Crippen LogP contribution in [0.15, 0.2) is 72.6 Å². The molecular weight excluding hydrogens is 749 g/mol. The van der Waals surface area contributed by atoms with E-state index < -0.39 is 24.3 Å². The number of aromatic amines is 2. The van der Waals surface area contributed by atoms with Gasteiger partial charge in [-0.1, -0.05) is 69.9 Å². The average molecular weight is 801 g/mol. The summed E-state index contributed by atoms with van der Waals surface area (Å²) in [5.74, 6) is 7.83. The van der Waals surface area contributed by atoms with Gasteiger partial charge in [0.2, 0.25) is 11.8 Å². The van der Waals surface area contributed by atoms with Crippen LogP contribution in [0.25, 0.3) is 22.5 Å². The smallest absolute Gasteiger partial charge is 0.407 e. The van der Waals surface area contributed by atoms with Crippen LogP contribution in [0.3, 0.4) is 0 Å². The van der Waals surface area contributed by atoms with E-state index in [1.54, 1.807) is 22.2 Å². The summed E-state index contributed by atoms with van der Waals surface area (Å²) in [6, 6.07) is 13.9. The minimum atomic E-state index is -0.723. The van der Waals surface area contributed by atoms with Gasteiger partial charge in [-0.05, 0) is 84.4 Å². The number of benzene rings is 2. The van der Waals surface area contributed by atoms with Gasteiger partial charge < -0.3 is 39.9 Å². The summed E-state index contributed by atoms with van der Waals surface area (Å²) >= 11 is 0. The fraction of sp³-hybridized carbons (Fsp3) is 0.422. The molecule has 2 aromatic heterocycles. The number of rotatable bonds is 11. The maximum atomic E-state index is 13.8. The molecule has 4 unspecified atom stereocenters. The van der Waals surface area contributed by atoms with Gasteiger partial charge in [-0.25, -0.2) is 19.6 Å². The van der Waals surface area contributed by atoms with Gasteiger partial charge in [0, 0.05) is 24.2 Å². The Morgan fingerprint density at radius 2 is 1.20 bits per heavy atom. The minimum Gasteiger partial charge on any atom is -0.453 e. The molecule has 308 valence electrons. The number of carbonyl (C=O) groups is 4. The molecule has 4 atom stereocenters. The van der Waals surface area contributed by atoms with Crippen LogP contribution >= 0.6 is 0 Å². The van der Waals surface area contributed by atoms with E-state index in [-0.39, 0.29) is 35.7 Å². The molecule has 0 spiro atoms. The Morgan fingerprint density at radius 1 is 0.712 bits per heavy atom. The molecule has 14 heteroatoms. The van der Waals surface area contributed by atoms with Crippen LogP contribution in [0.5, 0.6) is 0 Å². The lowest BCUT2D eigenvalue weighted by Crippen LogP contribution is -2.51. The number of H-pyrrole nitrogens is 2. The Bertz CT molecular complexity index is 2260. The fourth-order valence-electron chi connectivity index (χ4n) is 7.77. The van der Waals surface area contributed by atoms with Crippen LogP contribution in [-0.4, -0.2) is 93.1 Å². The molecule has 0 bridgehead atoms. The van der Waals surface area contributed by atoms with Gasteiger partial charge in [0.25, 0.3) is 0 Å². The number of alkyl carbamates (subject to hydrolysis) is 2. The first-order chi connectivity index (χ1) is 28.4. The highest BCUT2D eigenvalue weighted by atomic mass is 16.5. The lowest BCUT2D eigenvalue weighted by atomic mass is 10.0. The van der Waals surface area contributed by atoms with Gasteiger partial charge in [0.1, 0.15) is 29.8 Å². The summed E-state index contributed by atoms with van der Waals surface area (Å²) in [5, 5.41) is 5.41. The van der Waals surface area contributed by atoms with E-state index in [0.29, 0.717) is 30.7 Å². The molecule has 3 aliphatic rings. The molecule has 1 aliphatic carbocycles. The van der Waals surface area contributed by atoms with Crippen LogP contribution in [0.4, 0.5) is 9.59 Å². The number of carbonyl (C=O) groups excluding carboxylic acids is 4. The second kappa shape index (κ2) is 17.6. The summed E-state index contributed by atoms with van der Waals surface area (Å²) in [6.45, 7) is 8.70. The number of hydrogen-bond donors (Lipinski definition) is 4. The lowest BCUT2D eigenvalue weighted by Gasteiger charge is -2.30. The van der Waals surface area contributed by atoms with Crippen LogP contribution < -0.4 is 10.6 Å². The molecule has 1 saturated carbocycles. The zero-order valence-electron chi connectivity index (χ0n) is 34.4. The van der Waals surface area contributed by atoms with Gasteiger partial charge in [-0.3, -0.25) is 9.59 Å². The van der Waals surface area contributed by atoms with Gasteiger partial charge in [0.15, 0.2) is 0 Å². The molecular formula is C45H52N8O6. The minimum absolute atomic E-state index is 0.108. The number of ether oxygens (including phenoxy) is 2. The van der Waals surface area contributed by atoms with Crippen LogP contribution in [0, 0.1) is 29.6 Å². The van der Waals surface area contributed by atoms with E-state index in [2.05, 4.69) is 43.5 Å². The summed E-state index contributed by atoms with van der Waals surface area (Å²) in [5.41, 5.74) is 6.51. The van der Waals surface area contributed by atoms with Gasteiger partial charge in [-0.15, -0.1) is 0 Å². The summed E-state index contributed by atoms with van der Waals surface area (Å²) in [6.07, 6.45) is 8.32. The number of methoxy groups -OCH3 is 2. The molecule has 2 fully saturated rings. The summed E-state index contributed by atoms with van der Waals surface area (Å²) in [4.78, 5) is 71.2. The molecule has 7 rings (SSSR count). The average Bonchev–Trinajstić information content (AvgIpc) is 3.67. The van der Waals surface area contributed by atoms with Crippen molar-refractivity contribution in [3.8, 4) is 34.4 Å². The van der Waals surface area contributed by atoms with Crippen molar-refractivity contribution in [1.29, 1.82) is 0 Å². The van der Waals surface area contributed by atoms with Crippen LogP contribution in [-0.2, 0) is 19.1 Å². The second-order valence-electron chi connectivity index (χ2n) is 16.1. The number of amides is 4. The Balaban J connectivity index is 0.995. The molecule has 4 aromatic rings. The first-order valence-corrected chi connectivity index (χ1v) is 20.3. The third kappa shape index (κ3) is 9.19. The standard InChI is InChI=1S/C45H52N8O6/c1-26(2)38(50-44(56)58-5)42(54)52-21-7-8-36(52)40-46-23-34(48-40)31-15-11-28(12-16-31)9-10-29-13-17-32(18-14-29)35-24-47-41(49-35)37-22-33(30-19-20-30)25-53(37)43(55)39(27(3)4)51-45(57)59-6/h11-18,22-24,26-27,30,36-39H,7-8,19-21,25H2,1-6H3,(H,46,48)(H,47,49)(H,50,56)(H,51,57). The first kappa shape index (κ1) is 40.8. The van der Waals surface area contributed by atoms with Crippen molar-refractivity contribution in [3.05, 3.63) is 95.3 Å². The fourth-order valence-corrected chi connectivity index (χ4v) is 7.77. The predicted molar refractivity (Wildman–Crippen MR) is 221 cm³/mol. The van der Waals surface area contributed by atoms with Crippen LogP contribution in [0.2, 0.25) is 0 Å². The van der Waals surface area contributed by atoms with E-state index in [0.717, 1.165) is 59.3 Å². The normalized spacial score (nSPS) is 18.5. The van der Waals surface area contributed by atoms with Crippen molar-refractivity contribution >= 4 is 24.0 Å². The van der Waals surface area contributed by atoms with Crippen molar-refractivity contribution in [2.75, 3.05) is 27.3 Å². The maximum absolute atomic E-state index is 13.8. The zero-order chi connectivity index (χ0) is 41.8. The Morgan fingerprint density at radius 3 is 1.69 bits per heavy atom. The summed E-state index contributed by atoms with van der Waals surface area (Å²) < 4.78 is 9.55. The first-order valence-electron chi connectivity index (χ1n) is 20.3. The molecule has 4 heterocycles. The monoisotopic (exact) mass is 800 g/mol. The lowest BCUT2D eigenvalue weighted by molar-refractivity contribution is -0.136. The van der Waals surface area contributed by atoms with Crippen molar-refractivity contribution in [2.24, 2.45) is 17.8 Å². The Kier molecular flexibility index (Phi) is 12.2. The van der Waals surface area contributed by atoms with Crippen molar-refractivity contribution in [1.82, 2.24) is 40.4 Å². The molecule has 1 saturated heterocycles. The molecule has 0 radical (unpaired) electrons. The molecule has 4 amide bonds. The molecule has 2 aromatic carbocycles. The highest BCUT2D eigenvalue weighted by Gasteiger charge is 2.41. The predicted octanol–water partition coefficient (Wildman–Crippen LogP) is 6.51. The third-order valence-electron chi connectivity index (χ3n) is 11.3. The molecule has 59 heavy (non-hydrogen) atoms. The highest BCUT2D eigenvalue weighted by molar-refractivity contribution is 5.87. The molecule has 4 N–H and O–H groups in total. The number of nitrogens with zero attached hydrogens (tertiary/aromatic N) is 4. The van der Waals surface area contributed by atoms with Gasteiger partial charge in [-0.2, -0.15) is 0 Å². The third-order valence-corrected chi connectivity index (χ3v) is 11.3. The topological polar surface area (TPSA) is 175 Å². The molecule has 2 aliphatic heterocycles. The number of likely N-dealkylation sites (tertiary alicyclic amines) is 1. The number of aromatic nitrogens is 4. The zero-order valence-corrected chi connectivity index (χ0v) is 34.4. The quantitative estimate of drug-likeness (QED) is 0.0981. The van der Waals surface area contributed by atoms with Crippen molar-refractivity contribution in [2.45, 2.75) is 77.5 Å². The number of nitrogens with one attached hydrogen (secondary N) is 4. The van der Waals surface area contributed by atoms with Crippen molar-refractivity contribution in [3.63, 3.8) is 0 Å². The number of hydrogen-bond acceptors (Lipinski definition) is 8. The summed E-state index contributed by atoms with van der Waals surface area (Å²) in [7, 11) is 2.58. The van der Waals surface area contributed by atoms with E-state index in [9.17, 15) is 19.2 Å². The van der Waals surface area contributed by atoms with Gasteiger partial charge >= 0.3 is 12.2 Å². The SMILES string of the molecule is COC(=O)NC(C(=O)N1CC(C2CC2)=CC1c1ncc(-c2ccc(C#Cc3ccc(-c4cnc(C5CCCN5C(=O)C(NC(=O)OC)C(C)C)[nH]4)cc3)cc2)[nH]1)C(C)C. The van der Waals surface area contributed by atoms with E-state index in [4.69, 9.17) is 14.5 Å². The Hall–Kier alpha value is -6.36.